The number of nitrogens with zero attached hydrogens (tertiary/aromatic N) is 1. The Hall–Kier alpha value is -0.0800. The first kappa shape index (κ1) is 13.0. The van der Waals surface area contributed by atoms with Crippen molar-refractivity contribution in [3.8, 4) is 0 Å². The molecule has 1 atom stereocenters. The summed E-state index contributed by atoms with van der Waals surface area (Å²) in [7, 11) is 2.11. The van der Waals surface area contributed by atoms with Gasteiger partial charge in [-0.05, 0) is 45.6 Å². The van der Waals surface area contributed by atoms with Crippen molar-refractivity contribution in [2.75, 3.05) is 20.1 Å². The SMILES string of the molecule is CNC(CN(CC(C)C)C(C)C)C1CC1. The van der Waals surface area contributed by atoms with Gasteiger partial charge in [-0.15, -0.1) is 0 Å². The molecule has 0 radical (unpaired) electrons. The van der Waals surface area contributed by atoms with Gasteiger partial charge in [0, 0.05) is 25.2 Å². The van der Waals surface area contributed by atoms with Crippen molar-refractivity contribution in [3.05, 3.63) is 0 Å². The summed E-state index contributed by atoms with van der Waals surface area (Å²) in [5, 5.41) is 3.48. The molecule has 0 aromatic rings. The van der Waals surface area contributed by atoms with Crippen molar-refractivity contribution in [1.82, 2.24) is 10.2 Å². The Morgan fingerprint density at radius 1 is 1.13 bits per heavy atom. The fourth-order valence-corrected chi connectivity index (χ4v) is 2.19. The summed E-state index contributed by atoms with van der Waals surface area (Å²) in [6.45, 7) is 11.7. The summed E-state index contributed by atoms with van der Waals surface area (Å²) >= 11 is 0. The molecule has 0 bridgehead atoms. The summed E-state index contributed by atoms with van der Waals surface area (Å²) < 4.78 is 0. The summed E-state index contributed by atoms with van der Waals surface area (Å²) in [4.78, 5) is 2.62. The molecule has 1 fully saturated rings. The third-order valence-corrected chi connectivity index (χ3v) is 3.32. The quantitative estimate of drug-likeness (QED) is 0.697. The van der Waals surface area contributed by atoms with Gasteiger partial charge in [0.1, 0.15) is 0 Å². The van der Waals surface area contributed by atoms with E-state index in [1.54, 1.807) is 0 Å². The summed E-state index contributed by atoms with van der Waals surface area (Å²) in [6, 6.07) is 1.38. The standard InChI is InChI=1S/C13H28N2/c1-10(2)8-15(11(3)4)9-13(14-5)12-6-7-12/h10-14H,6-9H2,1-5H3. The number of hydrogen-bond acceptors (Lipinski definition) is 2. The van der Waals surface area contributed by atoms with E-state index in [0.717, 1.165) is 11.8 Å². The van der Waals surface area contributed by atoms with Gasteiger partial charge in [0.25, 0.3) is 0 Å². The molecule has 0 spiro atoms. The van der Waals surface area contributed by atoms with Crippen LogP contribution in [-0.2, 0) is 0 Å². The molecule has 1 saturated carbocycles. The molecule has 90 valence electrons. The number of likely N-dealkylation sites (N-methyl/N-ethyl adjacent to an activating group) is 1. The monoisotopic (exact) mass is 212 g/mol. The molecule has 1 unspecified atom stereocenters. The van der Waals surface area contributed by atoms with Crippen molar-refractivity contribution in [2.45, 2.75) is 52.6 Å². The maximum atomic E-state index is 3.48. The van der Waals surface area contributed by atoms with Crippen LogP contribution in [0.5, 0.6) is 0 Å². The van der Waals surface area contributed by atoms with Gasteiger partial charge in [0.2, 0.25) is 0 Å². The first-order chi connectivity index (χ1) is 7.04. The molecular formula is C13H28N2. The van der Waals surface area contributed by atoms with Gasteiger partial charge in [-0.25, -0.2) is 0 Å². The van der Waals surface area contributed by atoms with E-state index in [1.165, 1.54) is 25.9 Å². The smallest absolute Gasteiger partial charge is 0.0220 e. The Bertz CT molecular complexity index is 173. The van der Waals surface area contributed by atoms with E-state index in [1.807, 2.05) is 0 Å². The van der Waals surface area contributed by atoms with Crippen molar-refractivity contribution in [2.24, 2.45) is 11.8 Å². The zero-order valence-corrected chi connectivity index (χ0v) is 11.1. The maximum Gasteiger partial charge on any atom is 0.0220 e. The van der Waals surface area contributed by atoms with Gasteiger partial charge >= 0.3 is 0 Å². The first-order valence-corrected chi connectivity index (χ1v) is 6.46. The largest absolute Gasteiger partial charge is 0.315 e. The molecule has 2 heteroatoms. The van der Waals surface area contributed by atoms with Crippen LogP contribution in [0.4, 0.5) is 0 Å². The molecule has 0 aromatic heterocycles. The Labute approximate surface area is 95.4 Å². The van der Waals surface area contributed by atoms with Crippen molar-refractivity contribution >= 4 is 0 Å². The molecule has 0 heterocycles. The Kier molecular flexibility index (Phi) is 5.07. The number of nitrogens with one attached hydrogen (secondary N) is 1. The molecule has 1 aliphatic rings. The van der Waals surface area contributed by atoms with Gasteiger partial charge < -0.3 is 5.32 Å². The van der Waals surface area contributed by atoms with Crippen LogP contribution in [0.25, 0.3) is 0 Å². The van der Waals surface area contributed by atoms with Crippen LogP contribution >= 0.6 is 0 Å². The summed E-state index contributed by atoms with van der Waals surface area (Å²) in [6.07, 6.45) is 2.86. The minimum Gasteiger partial charge on any atom is -0.315 e. The van der Waals surface area contributed by atoms with Gasteiger partial charge in [0.15, 0.2) is 0 Å². The van der Waals surface area contributed by atoms with E-state index < -0.39 is 0 Å². The number of hydrogen-bond donors (Lipinski definition) is 1. The van der Waals surface area contributed by atoms with E-state index in [9.17, 15) is 0 Å². The lowest BCUT2D eigenvalue weighted by atomic mass is 10.1. The topological polar surface area (TPSA) is 15.3 Å². The molecule has 2 nitrogen and oxygen atoms in total. The molecule has 1 N–H and O–H groups in total. The van der Waals surface area contributed by atoms with Crippen LogP contribution < -0.4 is 5.32 Å². The average Bonchev–Trinajstić information content (AvgIpc) is 2.94. The number of rotatable bonds is 7. The van der Waals surface area contributed by atoms with E-state index in [2.05, 4.69) is 45.0 Å². The minimum absolute atomic E-state index is 0.669. The Morgan fingerprint density at radius 3 is 2.07 bits per heavy atom. The molecule has 0 saturated heterocycles. The highest BCUT2D eigenvalue weighted by Gasteiger charge is 2.31. The normalized spacial score (nSPS) is 19.2. The maximum absolute atomic E-state index is 3.48. The first-order valence-electron chi connectivity index (χ1n) is 6.46. The average molecular weight is 212 g/mol. The summed E-state index contributed by atoms with van der Waals surface area (Å²) in [5.41, 5.74) is 0. The fraction of sp³-hybridized carbons (Fsp3) is 1.00. The van der Waals surface area contributed by atoms with Crippen LogP contribution in [-0.4, -0.2) is 37.1 Å². The van der Waals surface area contributed by atoms with E-state index in [0.29, 0.717) is 12.1 Å². The highest BCUT2D eigenvalue weighted by Crippen LogP contribution is 2.33. The van der Waals surface area contributed by atoms with Crippen LogP contribution in [0.3, 0.4) is 0 Å². The molecule has 15 heavy (non-hydrogen) atoms. The van der Waals surface area contributed by atoms with Gasteiger partial charge in [0.05, 0.1) is 0 Å². The third kappa shape index (κ3) is 4.52. The Morgan fingerprint density at radius 2 is 1.73 bits per heavy atom. The molecule has 1 rings (SSSR count). The van der Waals surface area contributed by atoms with Crippen LogP contribution in [0.2, 0.25) is 0 Å². The fourth-order valence-electron chi connectivity index (χ4n) is 2.19. The van der Waals surface area contributed by atoms with Crippen molar-refractivity contribution in [3.63, 3.8) is 0 Å². The van der Waals surface area contributed by atoms with Gasteiger partial charge in [-0.2, -0.15) is 0 Å². The second kappa shape index (κ2) is 5.86. The molecule has 0 amide bonds. The molecule has 0 aliphatic heterocycles. The summed E-state index contributed by atoms with van der Waals surface area (Å²) in [5.74, 6) is 1.72. The Balaban J connectivity index is 2.40. The van der Waals surface area contributed by atoms with Crippen LogP contribution in [0.1, 0.15) is 40.5 Å². The third-order valence-electron chi connectivity index (χ3n) is 3.32. The molecular weight excluding hydrogens is 184 g/mol. The van der Waals surface area contributed by atoms with E-state index >= 15 is 0 Å². The van der Waals surface area contributed by atoms with Gasteiger partial charge in [-0.3, -0.25) is 4.90 Å². The lowest BCUT2D eigenvalue weighted by Gasteiger charge is -2.32. The van der Waals surface area contributed by atoms with Crippen LogP contribution in [0.15, 0.2) is 0 Å². The van der Waals surface area contributed by atoms with E-state index in [4.69, 9.17) is 0 Å². The lowest BCUT2D eigenvalue weighted by molar-refractivity contribution is 0.173. The van der Waals surface area contributed by atoms with E-state index in [-0.39, 0.29) is 0 Å². The highest BCUT2D eigenvalue weighted by molar-refractivity contribution is 4.88. The zero-order valence-electron chi connectivity index (χ0n) is 11.1. The van der Waals surface area contributed by atoms with Gasteiger partial charge in [-0.1, -0.05) is 13.8 Å². The van der Waals surface area contributed by atoms with Crippen molar-refractivity contribution < 1.29 is 0 Å². The second-order valence-electron chi connectivity index (χ2n) is 5.67. The predicted octanol–water partition coefficient (Wildman–Crippen LogP) is 2.35. The predicted molar refractivity (Wildman–Crippen MR) is 67.1 cm³/mol. The second-order valence-corrected chi connectivity index (χ2v) is 5.67. The molecule has 1 aliphatic carbocycles. The van der Waals surface area contributed by atoms with Crippen LogP contribution in [0, 0.1) is 11.8 Å². The highest BCUT2D eigenvalue weighted by atomic mass is 15.2. The minimum atomic E-state index is 0.669. The zero-order chi connectivity index (χ0) is 11.4. The lowest BCUT2D eigenvalue weighted by Crippen LogP contribution is -2.45. The van der Waals surface area contributed by atoms with Crippen molar-refractivity contribution in [1.29, 1.82) is 0 Å². The molecule has 0 aromatic carbocycles.